The summed E-state index contributed by atoms with van der Waals surface area (Å²) in [5.41, 5.74) is 0.243. The Bertz CT molecular complexity index is 409. The van der Waals surface area contributed by atoms with Crippen molar-refractivity contribution in [2.75, 3.05) is 20.6 Å². The lowest BCUT2D eigenvalue weighted by molar-refractivity contribution is 0.0911. The fraction of sp³-hybridized carbons (Fsp3) is 0.583. The van der Waals surface area contributed by atoms with Crippen molar-refractivity contribution >= 4 is 17.5 Å². The van der Waals surface area contributed by atoms with E-state index in [1.165, 1.54) is 12.4 Å². The lowest BCUT2D eigenvalue weighted by atomic mass is 10.0. The first-order valence-electron chi connectivity index (χ1n) is 5.83. The average molecular weight is 271 g/mol. The molecule has 1 unspecified atom stereocenters. The first-order chi connectivity index (χ1) is 8.40. The monoisotopic (exact) mass is 270 g/mol. The number of likely N-dealkylation sites (N-methyl/N-ethyl adjacent to an activating group) is 1. The molecule has 1 aromatic heterocycles. The molecule has 0 spiro atoms. The van der Waals surface area contributed by atoms with Crippen LogP contribution in [0, 0.1) is 5.92 Å². The van der Waals surface area contributed by atoms with Crippen molar-refractivity contribution in [1.82, 2.24) is 20.2 Å². The van der Waals surface area contributed by atoms with Gasteiger partial charge in [-0.2, -0.15) is 0 Å². The minimum Gasteiger partial charge on any atom is -0.346 e. The van der Waals surface area contributed by atoms with E-state index >= 15 is 0 Å². The van der Waals surface area contributed by atoms with Crippen LogP contribution in [0.1, 0.15) is 24.3 Å². The van der Waals surface area contributed by atoms with E-state index in [4.69, 9.17) is 11.6 Å². The van der Waals surface area contributed by atoms with E-state index in [-0.39, 0.29) is 22.8 Å². The summed E-state index contributed by atoms with van der Waals surface area (Å²) in [6, 6.07) is 0.0632. The highest BCUT2D eigenvalue weighted by Gasteiger charge is 2.18. The van der Waals surface area contributed by atoms with Crippen molar-refractivity contribution in [2.24, 2.45) is 5.92 Å². The molecule has 0 bridgehead atoms. The first-order valence-corrected chi connectivity index (χ1v) is 6.21. The van der Waals surface area contributed by atoms with Gasteiger partial charge in [-0.25, -0.2) is 4.98 Å². The van der Waals surface area contributed by atoms with Crippen LogP contribution in [-0.4, -0.2) is 47.5 Å². The Hall–Kier alpha value is -1.20. The van der Waals surface area contributed by atoms with Gasteiger partial charge in [0.2, 0.25) is 0 Å². The second-order valence-corrected chi connectivity index (χ2v) is 5.20. The van der Waals surface area contributed by atoms with Crippen molar-refractivity contribution in [1.29, 1.82) is 0 Å². The Morgan fingerprint density at radius 1 is 1.44 bits per heavy atom. The maximum absolute atomic E-state index is 12.0. The number of nitrogens with zero attached hydrogens (tertiary/aromatic N) is 3. The van der Waals surface area contributed by atoms with Crippen molar-refractivity contribution in [2.45, 2.75) is 19.9 Å². The summed E-state index contributed by atoms with van der Waals surface area (Å²) in [6.45, 7) is 4.91. The number of hydrogen-bond donors (Lipinski definition) is 1. The van der Waals surface area contributed by atoms with Crippen molar-refractivity contribution < 1.29 is 4.79 Å². The predicted octanol–water partition coefficient (Wildman–Crippen LogP) is 1.45. The molecule has 1 atom stereocenters. The summed E-state index contributed by atoms with van der Waals surface area (Å²) in [6.07, 6.45) is 2.81. The van der Waals surface area contributed by atoms with E-state index in [1.54, 1.807) is 0 Å². The second kappa shape index (κ2) is 6.66. The Morgan fingerprint density at radius 3 is 2.61 bits per heavy atom. The summed E-state index contributed by atoms with van der Waals surface area (Å²) in [7, 11) is 3.95. The molecular weight excluding hydrogens is 252 g/mol. The van der Waals surface area contributed by atoms with Gasteiger partial charge in [0.15, 0.2) is 0 Å². The van der Waals surface area contributed by atoms with Gasteiger partial charge in [0.1, 0.15) is 10.8 Å². The molecule has 0 aliphatic carbocycles. The standard InChI is InChI=1S/C12H19ClN4O/c1-8(2)10(7-17(3)4)16-12(18)9-5-14-6-11(13)15-9/h5-6,8,10H,7H2,1-4H3,(H,16,18). The molecule has 1 N–H and O–H groups in total. The second-order valence-electron chi connectivity index (χ2n) is 4.81. The molecule has 18 heavy (non-hydrogen) atoms. The van der Waals surface area contributed by atoms with Gasteiger partial charge >= 0.3 is 0 Å². The van der Waals surface area contributed by atoms with Crippen molar-refractivity contribution in [3.8, 4) is 0 Å². The lowest BCUT2D eigenvalue weighted by Crippen LogP contribution is -2.45. The molecule has 0 fully saturated rings. The summed E-state index contributed by atoms with van der Waals surface area (Å²) in [5, 5.41) is 3.17. The van der Waals surface area contributed by atoms with E-state index < -0.39 is 0 Å². The molecule has 0 aromatic carbocycles. The molecule has 6 heteroatoms. The smallest absolute Gasteiger partial charge is 0.271 e. The van der Waals surface area contributed by atoms with E-state index in [0.29, 0.717) is 5.92 Å². The van der Waals surface area contributed by atoms with Crippen LogP contribution in [0.5, 0.6) is 0 Å². The largest absolute Gasteiger partial charge is 0.346 e. The first kappa shape index (κ1) is 14.9. The van der Waals surface area contributed by atoms with E-state index in [2.05, 4.69) is 29.1 Å². The van der Waals surface area contributed by atoms with Gasteiger partial charge in [-0.1, -0.05) is 25.4 Å². The van der Waals surface area contributed by atoms with E-state index in [0.717, 1.165) is 6.54 Å². The Kier molecular flexibility index (Phi) is 5.50. The van der Waals surface area contributed by atoms with Gasteiger partial charge in [-0.05, 0) is 20.0 Å². The highest BCUT2D eigenvalue weighted by atomic mass is 35.5. The number of carbonyl (C=O) groups excluding carboxylic acids is 1. The molecule has 1 rings (SSSR count). The van der Waals surface area contributed by atoms with Gasteiger partial charge in [-0.15, -0.1) is 0 Å². The van der Waals surface area contributed by atoms with Gasteiger partial charge in [0.05, 0.1) is 12.4 Å². The lowest BCUT2D eigenvalue weighted by Gasteiger charge is -2.25. The zero-order valence-electron chi connectivity index (χ0n) is 11.1. The SMILES string of the molecule is CC(C)C(CN(C)C)NC(=O)c1cncc(Cl)n1. The molecule has 0 saturated heterocycles. The maximum atomic E-state index is 12.0. The summed E-state index contributed by atoms with van der Waals surface area (Å²) in [5.74, 6) is 0.0917. The van der Waals surface area contributed by atoms with Crippen LogP contribution >= 0.6 is 11.6 Å². The number of nitrogens with one attached hydrogen (secondary N) is 1. The molecule has 100 valence electrons. The third kappa shape index (κ3) is 4.58. The van der Waals surface area contributed by atoms with Crippen LogP contribution in [0.25, 0.3) is 0 Å². The van der Waals surface area contributed by atoms with Crippen molar-refractivity contribution in [3.63, 3.8) is 0 Å². The number of halogens is 1. The number of rotatable bonds is 5. The van der Waals surface area contributed by atoms with Crippen LogP contribution in [0.2, 0.25) is 5.15 Å². The van der Waals surface area contributed by atoms with Crippen LogP contribution in [0.3, 0.4) is 0 Å². The van der Waals surface area contributed by atoms with E-state index in [1.807, 2.05) is 19.0 Å². The molecule has 1 amide bonds. The van der Waals surface area contributed by atoms with Crippen LogP contribution in [0.15, 0.2) is 12.4 Å². The Morgan fingerprint density at radius 2 is 2.11 bits per heavy atom. The normalized spacial score (nSPS) is 12.8. The summed E-state index contributed by atoms with van der Waals surface area (Å²) >= 11 is 5.71. The molecule has 1 aromatic rings. The zero-order chi connectivity index (χ0) is 13.7. The fourth-order valence-electron chi connectivity index (χ4n) is 1.51. The van der Waals surface area contributed by atoms with Crippen LogP contribution in [-0.2, 0) is 0 Å². The third-order valence-corrected chi connectivity index (χ3v) is 2.70. The van der Waals surface area contributed by atoms with Gasteiger partial charge in [0.25, 0.3) is 5.91 Å². The molecule has 0 saturated carbocycles. The summed E-state index contributed by atoms with van der Waals surface area (Å²) < 4.78 is 0. The molecular formula is C12H19ClN4O. The predicted molar refractivity (Wildman–Crippen MR) is 71.7 cm³/mol. The summed E-state index contributed by atoms with van der Waals surface area (Å²) in [4.78, 5) is 21.8. The Labute approximate surface area is 113 Å². The molecule has 1 heterocycles. The number of amides is 1. The highest BCUT2D eigenvalue weighted by molar-refractivity contribution is 6.29. The van der Waals surface area contributed by atoms with Crippen LogP contribution < -0.4 is 5.32 Å². The Balaban J connectivity index is 2.72. The minimum atomic E-state index is -0.245. The van der Waals surface area contributed by atoms with Gasteiger partial charge in [0, 0.05) is 12.6 Å². The number of aromatic nitrogens is 2. The molecule has 0 radical (unpaired) electrons. The zero-order valence-corrected chi connectivity index (χ0v) is 11.9. The highest BCUT2D eigenvalue weighted by Crippen LogP contribution is 2.06. The van der Waals surface area contributed by atoms with Gasteiger partial charge < -0.3 is 10.2 Å². The molecule has 0 aliphatic rings. The number of hydrogen-bond acceptors (Lipinski definition) is 4. The van der Waals surface area contributed by atoms with Crippen molar-refractivity contribution in [3.05, 3.63) is 23.2 Å². The van der Waals surface area contributed by atoms with Crippen LogP contribution in [0.4, 0.5) is 0 Å². The number of carbonyl (C=O) groups is 1. The molecule has 5 nitrogen and oxygen atoms in total. The average Bonchev–Trinajstić information content (AvgIpc) is 2.27. The quantitative estimate of drug-likeness (QED) is 0.880. The third-order valence-electron chi connectivity index (χ3n) is 2.52. The van der Waals surface area contributed by atoms with Gasteiger partial charge in [-0.3, -0.25) is 9.78 Å². The topological polar surface area (TPSA) is 58.1 Å². The maximum Gasteiger partial charge on any atom is 0.271 e. The molecule has 0 aliphatic heterocycles. The fourth-order valence-corrected chi connectivity index (χ4v) is 1.66. The minimum absolute atomic E-state index is 0.0632. The van der Waals surface area contributed by atoms with E-state index in [9.17, 15) is 4.79 Å².